The second kappa shape index (κ2) is 6.15. The van der Waals surface area contributed by atoms with Crippen molar-refractivity contribution < 1.29 is 4.79 Å². The number of nitrogens with zero attached hydrogens (tertiary/aromatic N) is 2. The van der Waals surface area contributed by atoms with Crippen LogP contribution in [0.3, 0.4) is 0 Å². The van der Waals surface area contributed by atoms with E-state index in [0.29, 0.717) is 18.0 Å². The molecule has 1 fully saturated rings. The first kappa shape index (κ1) is 14.0. The van der Waals surface area contributed by atoms with E-state index in [2.05, 4.69) is 11.9 Å². The number of pyridine rings is 1. The Kier molecular flexibility index (Phi) is 4.53. The van der Waals surface area contributed by atoms with Crippen molar-refractivity contribution in [3.63, 3.8) is 0 Å². The first-order valence-electron chi connectivity index (χ1n) is 7.08. The summed E-state index contributed by atoms with van der Waals surface area (Å²) in [5.41, 5.74) is 7.53. The van der Waals surface area contributed by atoms with Crippen LogP contribution in [0.4, 0.5) is 0 Å². The third-order valence-corrected chi connectivity index (χ3v) is 4.06. The molecule has 2 atom stereocenters. The molecule has 0 aliphatic carbocycles. The predicted octanol–water partition coefficient (Wildman–Crippen LogP) is 1.98. The fourth-order valence-corrected chi connectivity index (χ4v) is 2.83. The number of amides is 1. The van der Waals surface area contributed by atoms with Gasteiger partial charge in [0.2, 0.25) is 0 Å². The molecule has 19 heavy (non-hydrogen) atoms. The molecule has 2 rings (SSSR count). The van der Waals surface area contributed by atoms with E-state index in [1.165, 1.54) is 6.42 Å². The summed E-state index contributed by atoms with van der Waals surface area (Å²) in [5.74, 6) is 0.773. The van der Waals surface area contributed by atoms with Crippen molar-refractivity contribution in [3.05, 3.63) is 29.6 Å². The Bertz CT molecular complexity index is 447. The van der Waals surface area contributed by atoms with Gasteiger partial charge in [0, 0.05) is 31.5 Å². The van der Waals surface area contributed by atoms with Gasteiger partial charge < -0.3 is 10.6 Å². The molecule has 0 radical (unpaired) electrons. The van der Waals surface area contributed by atoms with E-state index in [1.807, 2.05) is 17.9 Å². The Labute approximate surface area is 115 Å². The monoisotopic (exact) mass is 261 g/mol. The van der Waals surface area contributed by atoms with Crippen LogP contribution >= 0.6 is 0 Å². The molecular formula is C15H23N3O. The molecule has 1 amide bonds. The summed E-state index contributed by atoms with van der Waals surface area (Å²) in [4.78, 5) is 18.6. The molecule has 1 aliphatic heterocycles. The fourth-order valence-electron chi connectivity index (χ4n) is 2.83. The topological polar surface area (TPSA) is 59.2 Å². The average Bonchev–Trinajstić information content (AvgIpc) is 2.45. The van der Waals surface area contributed by atoms with E-state index in [0.717, 1.165) is 24.9 Å². The van der Waals surface area contributed by atoms with E-state index in [-0.39, 0.29) is 11.9 Å². The van der Waals surface area contributed by atoms with Gasteiger partial charge in [0.15, 0.2) is 0 Å². The molecule has 2 N–H and O–H groups in total. The van der Waals surface area contributed by atoms with Gasteiger partial charge in [-0.3, -0.25) is 9.78 Å². The fraction of sp³-hybridized carbons (Fsp3) is 0.600. The van der Waals surface area contributed by atoms with Crippen LogP contribution in [0.15, 0.2) is 18.5 Å². The highest BCUT2D eigenvalue weighted by Gasteiger charge is 2.30. The Balaban J connectivity index is 2.14. The maximum absolute atomic E-state index is 12.5. The molecule has 0 bridgehead atoms. The van der Waals surface area contributed by atoms with Gasteiger partial charge in [0.1, 0.15) is 0 Å². The maximum Gasteiger partial charge on any atom is 0.255 e. The molecule has 4 nitrogen and oxygen atoms in total. The number of rotatable bonds is 3. The van der Waals surface area contributed by atoms with Crippen molar-refractivity contribution >= 4 is 5.91 Å². The number of piperidine rings is 1. The summed E-state index contributed by atoms with van der Waals surface area (Å²) in [7, 11) is 0. The lowest BCUT2D eigenvalue weighted by molar-refractivity contribution is 0.0558. The minimum Gasteiger partial charge on any atom is -0.334 e. The number of hydrogen-bond acceptors (Lipinski definition) is 3. The zero-order valence-corrected chi connectivity index (χ0v) is 11.8. The third kappa shape index (κ3) is 3.13. The number of carbonyl (C=O) groups excluding carboxylic acids is 1. The van der Waals surface area contributed by atoms with Gasteiger partial charge in [-0.25, -0.2) is 0 Å². The first-order valence-corrected chi connectivity index (χ1v) is 7.08. The van der Waals surface area contributed by atoms with Gasteiger partial charge in [-0.15, -0.1) is 0 Å². The zero-order valence-electron chi connectivity index (χ0n) is 11.8. The molecular weight excluding hydrogens is 238 g/mol. The highest BCUT2D eigenvalue weighted by Crippen LogP contribution is 2.26. The minimum absolute atomic E-state index is 0.0706. The van der Waals surface area contributed by atoms with E-state index in [4.69, 9.17) is 5.73 Å². The number of aromatic nitrogens is 1. The molecule has 1 aromatic rings. The van der Waals surface area contributed by atoms with Crippen LogP contribution in [-0.4, -0.2) is 34.9 Å². The van der Waals surface area contributed by atoms with Crippen molar-refractivity contribution in [1.29, 1.82) is 0 Å². The number of nitrogens with two attached hydrogens (primary N) is 1. The summed E-state index contributed by atoms with van der Waals surface area (Å²) >= 11 is 0. The molecule has 2 unspecified atom stereocenters. The van der Waals surface area contributed by atoms with Crippen molar-refractivity contribution in [2.45, 2.75) is 39.2 Å². The van der Waals surface area contributed by atoms with Crippen LogP contribution in [0.25, 0.3) is 0 Å². The predicted molar refractivity (Wildman–Crippen MR) is 75.9 cm³/mol. The number of carbonyl (C=O) groups is 1. The summed E-state index contributed by atoms with van der Waals surface area (Å²) in [6.45, 7) is 5.52. The van der Waals surface area contributed by atoms with Crippen molar-refractivity contribution in [3.8, 4) is 0 Å². The zero-order chi connectivity index (χ0) is 13.8. The first-order chi connectivity index (χ1) is 9.15. The van der Waals surface area contributed by atoms with E-state index < -0.39 is 0 Å². The lowest BCUT2D eigenvalue weighted by Crippen LogP contribution is -2.49. The minimum atomic E-state index is 0.0706. The normalized spacial score (nSPS) is 23.4. The smallest absolute Gasteiger partial charge is 0.255 e. The summed E-state index contributed by atoms with van der Waals surface area (Å²) < 4.78 is 0. The van der Waals surface area contributed by atoms with Crippen LogP contribution in [0.1, 0.15) is 42.1 Å². The van der Waals surface area contributed by atoms with Gasteiger partial charge in [0.25, 0.3) is 5.91 Å². The van der Waals surface area contributed by atoms with Gasteiger partial charge in [0.05, 0.1) is 5.56 Å². The molecule has 1 saturated heterocycles. The van der Waals surface area contributed by atoms with Gasteiger partial charge in [-0.2, -0.15) is 0 Å². The Morgan fingerprint density at radius 2 is 2.32 bits per heavy atom. The van der Waals surface area contributed by atoms with Crippen molar-refractivity contribution in [2.75, 3.05) is 13.1 Å². The average molecular weight is 261 g/mol. The van der Waals surface area contributed by atoms with Crippen LogP contribution in [0.5, 0.6) is 0 Å². The van der Waals surface area contributed by atoms with E-state index in [1.54, 1.807) is 12.4 Å². The standard InChI is InChI=1S/C15H23N3O/c1-3-12-4-5-18(14(7-12)8-16)15(19)13-6-11(2)9-17-10-13/h6,9-10,12,14H,3-5,7-8,16H2,1-2H3. The molecule has 0 aromatic carbocycles. The second-order valence-corrected chi connectivity index (χ2v) is 5.44. The molecule has 1 aliphatic rings. The Morgan fingerprint density at radius 1 is 1.53 bits per heavy atom. The van der Waals surface area contributed by atoms with Crippen LogP contribution in [0, 0.1) is 12.8 Å². The quantitative estimate of drug-likeness (QED) is 0.905. The van der Waals surface area contributed by atoms with Crippen LogP contribution < -0.4 is 5.73 Å². The molecule has 0 saturated carbocycles. The highest BCUT2D eigenvalue weighted by molar-refractivity contribution is 5.94. The van der Waals surface area contributed by atoms with Crippen molar-refractivity contribution in [2.24, 2.45) is 11.7 Å². The Morgan fingerprint density at radius 3 is 2.95 bits per heavy atom. The summed E-state index contributed by atoms with van der Waals surface area (Å²) in [6.07, 6.45) is 6.69. The second-order valence-electron chi connectivity index (χ2n) is 5.44. The van der Waals surface area contributed by atoms with E-state index in [9.17, 15) is 4.79 Å². The third-order valence-electron chi connectivity index (χ3n) is 4.06. The maximum atomic E-state index is 12.5. The lowest BCUT2D eigenvalue weighted by Gasteiger charge is -2.38. The summed E-state index contributed by atoms with van der Waals surface area (Å²) in [5, 5.41) is 0. The molecule has 104 valence electrons. The molecule has 2 heterocycles. The lowest BCUT2D eigenvalue weighted by atomic mass is 9.88. The SMILES string of the molecule is CCC1CCN(C(=O)c2cncc(C)c2)C(CN)C1. The van der Waals surface area contributed by atoms with Crippen LogP contribution in [0.2, 0.25) is 0 Å². The largest absolute Gasteiger partial charge is 0.334 e. The van der Waals surface area contributed by atoms with Gasteiger partial charge in [-0.1, -0.05) is 13.3 Å². The number of likely N-dealkylation sites (tertiary alicyclic amines) is 1. The molecule has 4 heteroatoms. The molecule has 0 spiro atoms. The van der Waals surface area contributed by atoms with Gasteiger partial charge >= 0.3 is 0 Å². The van der Waals surface area contributed by atoms with Gasteiger partial charge in [-0.05, 0) is 37.3 Å². The number of aryl methyl sites for hydroxylation is 1. The van der Waals surface area contributed by atoms with E-state index >= 15 is 0 Å². The Hall–Kier alpha value is -1.42. The summed E-state index contributed by atoms with van der Waals surface area (Å²) in [6, 6.07) is 2.07. The molecule has 1 aromatic heterocycles. The van der Waals surface area contributed by atoms with Crippen molar-refractivity contribution in [1.82, 2.24) is 9.88 Å². The highest BCUT2D eigenvalue weighted by atomic mass is 16.2. The van der Waals surface area contributed by atoms with Crippen LogP contribution in [-0.2, 0) is 0 Å². The number of hydrogen-bond donors (Lipinski definition) is 1.